The molecule has 0 atom stereocenters. The van der Waals surface area contributed by atoms with Crippen LogP contribution < -0.4 is 0 Å². The number of hydrogen-bond donors (Lipinski definition) is 0. The van der Waals surface area contributed by atoms with Crippen molar-refractivity contribution < 1.29 is 9.59 Å². The Morgan fingerprint density at radius 3 is 2.88 bits per heavy atom. The molecule has 2 rings (SSSR count). The predicted molar refractivity (Wildman–Crippen MR) is 61.3 cm³/mol. The minimum Gasteiger partial charge on any atom is -0.338 e. The Morgan fingerprint density at radius 2 is 2.12 bits per heavy atom. The fraction of sp³-hybridized carbons (Fsp3) is 0.385. The van der Waals surface area contributed by atoms with Crippen molar-refractivity contribution in [3.05, 3.63) is 35.4 Å². The normalized spacial score (nSPS) is 14.8. The summed E-state index contributed by atoms with van der Waals surface area (Å²) < 4.78 is 0. The van der Waals surface area contributed by atoms with Gasteiger partial charge in [0, 0.05) is 25.1 Å². The van der Waals surface area contributed by atoms with Gasteiger partial charge in [-0.05, 0) is 25.0 Å². The summed E-state index contributed by atoms with van der Waals surface area (Å²) in [6.45, 7) is 2.83. The van der Waals surface area contributed by atoms with Gasteiger partial charge in [0.15, 0.2) is 0 Å². The summed E-state index contributed by atoms with van der Waals surface area (Å²) in [5.41, 5.74) is 1.91. The summed E-state index contributed by atoms with van der Waals surface area (Å²) in [6.07, 6.45) is 1.34. The van der Waals surface area contributed by atoms with Gasteiger partial charge in [-0.25, -0.2) is 0 Å². The van der Waals surface area contributed by atoms with E-state index in [2.05, 4.69) is 0 Å². The van der Waals surface area contributed by atoms with E-state index in [1.807, 2.05) is 24.3 Å². The Hall–Kier alpha value is -1.64. The molecule has 0 fully saturated rings. The quantitative estimate of drug-likeness (QED) is 0.772. The standard InChI is InChI=1S/C13H15NO2/c1-10(15)6-8-14-9-7-11-4-2-3-5-12(11)13(14)16/h2-5H,6-9H2,1H3. The van der Waals surface area contributed by atoms with E-state index in [1.54, 1.807) is 11.8 Å². The van der Waals surface area contributed by atoms with Crippen LogP contribution in [0, 0.1) is 0 Å². The van der Waals surface area contributed by atoms with E-state index < -0.39 is 0 Å². The number of nitrogens with zero attached hydrogens (tertiary/aromatic N) is 1. The van der Waals surface area contributed by atoms with E-state index in [9.17, 15) is 9.59 Å². The molecule has 1 aromatic rings. The van der Waals surface area contributed by atoms with Crippen molar-refractivity contribution in [2.75, 3.05) is 13.1 Å². The Bertz CT molecular complexity index is 426. The zero-order chi connectivity index (χ0) is 11.5. The van der Waals surface area contributed by atoms with Gasteiger partial charge < -0.3 is 4.90 Å². The second-order valence-corrected chi connectivity index (χ2v) is 4.15. The van der Waals surface area contributed by atoms with Crippen LogP contribution in [0.2, 0.25) is 0 Å². The Morgan fingerprint density at radius 1 is 1.38 bits per heavy atom. The lowest BCUT2D eigenvalue weighted by atomic mass is 9.99. The van der Waals surface area contributed by atoms with Gasteiger partial charge in [0.2, 0.25) is 0 Å². The third-order valence-corrected chi connectivity index (χ3v) is 2.92. The summed E-state index contributed by atoms with van der Waals surface area (Å²) in [4.78, 5) is 24.7. The number of rotatable bonds is 3. The zero-order valence-corrected chi connectivity index (χ0v) is 9.40. The second-order valence-electron chi connectivity index (χ2n) is 4.15. The summed E-state index contributed by atoms with van der Waals surface area (Å²) in [7, 11) is 0. The number of amides is 1. The van der Waals surface area contributed by atoms with E-state index in [4.69, 9.17) is 0 Å². The molecule has 1 aromatic carbocycles. The van der Waals surface area contributed by atoms with Crippen LogP contribution in [0.15, 0.2) is 24.3 Å². The van der Waals surface area contributed by atoms with E-state index in [0.717, 1.165) is 24.1 Å². The van der Waals surface area contributed by atoms with Gasteiger partial charge in [0.05, 0.1) is 0 Å². The highest BCUT2D eigenvalue weighted by Gasteiger charge is 2.23. The molecule has 0 saturated heterocycles. The lowest BCUT2D eigenvalue weighted by Gasteiger charge is -2.28. The Balaban J connectivity index is 2.12. The number of carbonyl (C=O) groups excluding carboxylic acids is 2. The highest BCUT2D eigenvalue weighted by atomic mass is 16.2. The van der Waals surface area contributed by atoms with Crippen LogP contribution in [0.3, 0.4) is 0 Å². The van der Waals surface area contributed by atoms with E-state index in [1.165, 1.54) is 0 Å². The summed E-state index contributed by atoms with van der Waals surface area (Å²) >= 11 is 0. The number of fused-ring (bicyclic) bond motifs is 1. The molecule has 0 aliphatic carbocycles. The topological polar surface area (TPSA) is 37.4 Å². The monoisotopic (exact) mass is 217 g/mol. The molecular formula is C13H15NO2. The molecule has 16 heavy (non-hydrogen) atoms. The van der Waals surface area contributed by atoms with Gasteiger partial charge in [-0.1, -0.05) is 18.2 Å². The molecule has 3 heteroatoms. The average Bonchev–Trinajstić information content (AvgIpc) is 2.28. The Labute approximate surface area is 95.1 Å². The molecule has 1 aliphatic rings. The fourth-order valence-corrected chi connectivity index (χ4v) is 1.98. The van der Waals surface area contributed by atoms with Crippen LogP contribution in [0.5, 0.6) is 0 Å². The van der Waals surface area contributed by atoms with Crippen LogP contribution in [-0.4, -0.2) is 29.7 Å². The molecule has 0 radical (unpaired) electrons. The second kappa shape index (κ2) is 4.47. The van der Waals surface area contributed by atoms with Crippen LogP contribution in [0.4, 0.5) is 0 Å². The molecule has 0 bridgehead atoms. The molecule has 1 heterocycles. The first kappa shape index (κ1) is 10.9. The summed E-state index contributed by atoms with van der Waals surface area (Å²) in [5, 5.41) is 0. The molecule has 0 aromatic heterocycles. The van der Waals surface area contributed by atoms with Crippen LogP contribution in [-0.2, 0) is 11.2 Å². The minimum absolute atomic E-state index is 0.0584. The van der Waals surface area contributed by atoms with E-state index >= 15 is 0 Å². The number of Topliss-reactive ketones (excluding diaryl/α,β-unsaturated/α-hetero) is 1. The molecule has 1 amide bonds. The lowest BCUT2D eigenvalue weighted by molar-refractivity contribution is -0.117. The first-order chi connectivity index (χ1) is 7.68. The maximum Gasteiger partial charge on any atom is 0.254 e. The minimum atomic E-state index is 0.0584. The summed E-state index contributed by atoms with van der Waals surface area (Å²) in [6, 6.07) is 7.69. The predicted octanol–water partition coefficient (Wildman–Crippen LogP) is 1.66. The van der Waals surface area contributed by atoms with Crippen LogP contribution >= 0.6 is 0 Å². The lowest BCUT2D eigenvalue weighted by Crippen LogP contribution is -2.38. The van der Waals surface area contributed by atoms with Gasteiger partial charge in [-0.2, -0.15) is 0 Å². The maximum absolute atomic E-state index is 12.0. The van der Waals surface area contributed by atoms with Crippen molar-refractivity contribution in [2.24, 2.45) is 0 Å². The van der Waals surface area contributed by atoms with Crippen LogP contribution in [0.1, 0.15) is 29.3 Å². The number of carbonyl (C=O) groups is 2. The molecule has 3 nitrogen and oxygen atoms in total. The van der Waals surface area contributed by atoms with Crippen molar-refractivity contribution in [3.63, 3.8) is 0 Å². The number of benzene rings is 1. The van der Waals surface area contributed by atoms with Crippen LogP contribution in [0.25, 0.3) is 0 Å². The van der Waals surface area contributed by atoms with Gasteiger partial charge in [-0.3, -0.25) is 9.59 Å². The number of hydrogen-bond acceptors (Lipinski definition) is 2. The molecule has 84 valence electrons. The highest BCUT2D eigenvalue weighted by molar-refractivity contribution is 5.96. The number of ketones is 1. The average molecular weight is 217 g/mol. The largest absolute Gasteiger partial charge is 0.338 e. The fourth-order valence-electron chi connectivity index (χ4n) is 1.98. The van der Waals surface area contributed by atoms with Gasteiger partial charge >= 0.3 is 0 Å². The first-order valence-corrected chi connectivity index (χ1v) is 5.55. The molecule has 0 unspecified atom stereocenters. The van der Waals surface area contributed by atoms with Gasteiger partial charge in [0.1, 0.15) is 5.78 Å². The van der Waals surface area contributed by atoms with Crippen molar-refractivity contribution in [1.82, 2.24) is 4.90 Å². The van der Waals surface area contributed by atoms with Crippen molar-refractivity contribution >= 4 is 11.7 Å². The van der Waals surface area contributed by atoms with E-state index in [-0.39, 0.29) is 11.7 Å². The van der Waals surface area contributed by atoms with Gasteiger partial charge in [0.25, 0.3) is 5.91 Å². The smallest absolute Gasteiger partial charge is 0.254 e. The Kier molecular flexibility index (Phi) is 3.04. The molecule has 0 saturated carbocycles. The molecule has 0 spiro atoms. The summed E-state index contributed by atoms with van der Waals surface area (Å²) in [5.74, 6) is 0.190. The van der Waals surface area contributed by atoms with Gasteiger partial charge in [-0.15, -0.1) is 0 Å². The van der Waals surface area contributed by atoms with Crippen molar-refractivity contribution in [1.29, 1.82) is 0 Å². The third-order valence-electron chi connectivity index (χ3n) is 2.92. The molecular weight excluding hydrogens is 202 g/mol. The SMILES string of the molecule is CC(=O)CCN1CCc2ccccc2C1=O. The highest BCUT2D eigenvalue weighted by Crippen LogP contribution is 2.18. The van der Waals surface area contributed by atoms with E-state index in [0.29, 0.717) is 13.0 Å². The van der Waals surface area contributed by atoms with Crippen molar-refractivity contribution in [2.45, 2.75) is 19.8 Å². The molecule has 1 aliphatic heterocycles. The molecule has 0 N–H and O–H groups in total. The van der Waals surface area contributed by atoms with Crippen molar-refractivity contribution in [3.8, 4) is 0 Å². The third kappa shape index (κ3) is 2.13. The first-order valence-electron chi connectivity index (χ1n) is 5.55. The zero-order valence-electron chi connectivity index (χ0n) is 9.40. The maximum atomic E-state index is 12.0.